The van der Waals surface area contributed by atoms with E-state index < -0.39 is 0 Å². The molecule has 2 aromatic rings. The molecule has 0 aliphatic carbocycles. The molecule has 0 atom stereocenters. The number of benzene rings is 2. The van der Waals surface area contributed by atoms with Crippen LogP contribution < -0.4 is 10.1 Å². The van der Waals surface area contributed by atoms with Gasteiger partial charge in [-0.15, -0.1) is 0 Å². The first-order chi connectivity index (χ1) is 11.6. The summed E-state index contributed by atoms with van der Waals surface area (Å²) < 4.78 is 5.23. The Morgan fingerprint density at radius 2 is 1.96 bits per heavy atom. The van der Waals surface area contributed by atoms with E-state index in [9.17, 15) is 4.79 Å². The molecule has 0 saturated heterocycles. The van der Waals surface area contributed by atoms with E-state index in [1.807, 2.05) is 61.5 Å². The highest BCUT2D eigenvalue weighted by molar-refractivity contribution is 6.14. The van der Waals surface area contributed by atoms with Crippen LogP contribution in [0.5, 0.6) is 5.75 Å². The molecule has 1 heterocycles. The molecule has 3 rings (SSSR count). The average Bonchev–Trinajstić information content (AvgIpc) is 2.93. The molecule has 0 aromatic heterocycles. The second-order valence-corrected chi connectivity index (χ2v) is 5.81. The number of methoxy groups -OCH3 is 1. The maximum atomic E-state index is 12.1. The highest BCUT2D eigenvalue weighted by atomic mass is 16.5. The van der Waals surface area contributed by atoms with Gasteiger partial charge in [-0.3, -0.25) is 4.79 Å². The highest BCUT2D eigenvalue weighted by Gasteiger charge is 2.19. The van der Waals surface area contributed by atoms with Crippen LogP contribution in [0, 0.1) is 6.92 Å². The van der Waals surface area contributed by atoms with Crippen molar-refractivity contribution in [3.8, 4) is 5.75 Å². The van der Waals surface area contributed by atoms with Gasteiger partial charge in [-0.25, -0.2) is 4.99 Å². The molecule has 2 aromatic carbocycles. The molecule has 4 nitrogen and oxygen atoms in total. The second-order valence-electron chi connectivity index (χ2n) is 5.81. The molecule has 0 bridgehead atoms. The number of amides is 1. The number of rotatable bonds is 5. The van der Waals surface area contributed by atoms with Gasteiger partial charge >= 0.3 is 0 Å². The topological polar surface area (TPSA) is 50.7 Å². The van der Waals surface area contributed by atoms with Crippen LogP contribution >= 0.6 is 0 Å². The van der Waals surface area contributed by atoms with Crippen molar-refractivity contribution in [1.29, 1.82) is 0 Å². The molecule has 24 heavy (non-hydrogen) atoms. The number of carbonyl (C=O) groups excluding carboxylic acids is 1. The van der Waals surface area contributed by atoms with Crippen molar-refractivity contribution in [1.82, 2.24) is 5.32 Å². The Labute approximate surface area is 141 Å². The van der Waals surface area contributed by atoms with E-state index in [1.165, 1.54) is 0 Å². The van der Waals surface area contributed by atoms with Gasteiger partial charge in [0.1, 0.15) is 17.3 Å². The van der Waals surface area contributed by atoms with Gasteiger partial charge in [0.05, 0.1) is 7.11 Å². The molecule has 1 N–H and O–H groups in total. The fourth-order valence-corrected chi connectivity index (χ4v) is 2.64. The number of ether oxygens (including phenoxy) is 1. The van der Waals surface area contributed by atoms with Crippen LogP contribution in [-0.4, -0.2) is 18.9 Å². The van der Waals surface area contributed by atoms with Crippen LogP contribution in [0.15, 0.2) is 59.2 Å². The smallest absolute Gasteiger partial charge is 0.275 e. The summed E-state index contributed by atoms with van der Waals surface area (Å²) in [5.41, 5.74) is 3.76. The van der Waals surface area contributed by atoms with E-state index in [2.05, 4.69) is 10.3 Å². The lowest BCUT2D eigenvalue weighted by molar-refractivity contribution is -0.115. The van der Waals surface area contributed by atoms with Gasteiger partial charge in [-0.1, -0.05) is 42.0 Å². The van der Waals surface area contributed by atoms with E-state index in [4.69, 9.17) is 4.74 Å². The predicted molar refractivity (Wildman–Crippen MR) is 96.0 cm³/mol. The zero-order valence-electron chi connectivity index (χ0n) is 13.9. The quantitative estimate of drug-likeness (QED) is 0.857. The number of amidine groups is 1. The third-order valence-electron chi connectivity index (χ3n) is 3.88. The third-order valence-corrected chi connectivity index (χ3v) is 3.88. The maximum absolute atomic E-state index is 12.1. The van der Waals surface area contributed by atoms with Crippen LogP contribution in [-0.2, 0) is 11.2 Å². The van der Waals surface area contributed by atoms with E-state index in [1.54, 1.807) is 7.11 Å². The molecule has 4 heteroatoms. The lowest BCUT2D eigenvalue weighted by Crippen LogP contribution is -2.24. The normalized spacial score (nSPS) is 15.3. The third kappa shape index (κ3) is 3.90. The fourth-order valence-electron chi connectivity index (χ4n) is 2.64. The van der Waals surface area contributed by atoms with E-state index in [-0.39, 0.29) is 5.91 Å². The standard InChI is InChI=1S/C20H20N2O2/c1-14-5-3-7-16(11-14)13-18-20(23)22-19(21-18)10-9-15-6-4-8-17(12-15)24-2/h3-8,11-13H,9-10H2,1-2H3,(H,21,22,23)/b18-13+. The van der Waals surface area contributed by atoms with Crippen molar-refractivity contribution in [3.05, 3.63) is 70.9 Å². The Hall–Kier alpha value is -2.88. The molecule has 0 fully saturated rings. The largest absolute Gasteiger partial charge is 0.497 e. The summed E-state index contributed by atoms with van der Waals surface area (Å²) in [7, 11) is 1.66. The van der Waals surface area contributed by atoms with Gasteiger partial charge in [-0.2, -0.15) is 0 Å². The number of hydrogen-bond acceptors (Lipinski definition) is 3. The van der Waals surface area contributed by atoms with Crippen molar-refractivity contribution >= 4 is 17.8 Å². The summed E-state index contributed by atoms with van der Waals surface area (Å²) in [4.78, 5) is 16.5. The minimum atomic E-state index is -0.142. The van der Waals surface area contributed by atoms with Crippen LogP contribution in [0.3, 0.4) is 0 Å². The first-order valence-electron chi connectivity index (χ1n) is 7.94. The number of aliphatic imine (C=N–C) groups is 1. The van der Waals surface area contributed by atoms with E-state index >= 15 is 0 Å². The SMILES string of the molecule is COc1cccc(CCC2=N/C(=C/c3cccc(C)c3)C(=O)N2)c1. The molecular formula is C20H20N2O2. The zero-order chi connectivity index (χ0) is 16.9. The van der Waals surface area contributed by atoms with E-state index in [0.29, 0.717) is 18.0 Å². The number of hydrogen-bond donors (Lipinski definition) is 1. The van der Waals surface area contributed by atoms with Gasteiger partial charge in [0.2, 0.25) is 0 Å². The first kappa shape index (κ1) is 16.0. The van der Waals surface area contributed by atoms with Crippen molar-refractivity contribution in [3.63, 3.8) is 0 Å². The van der Waals surface area contributed by atoms with Crippen LogP contribution in [0.25, 0.3) is 6.08 Å². The molecule has 1 aliphatic heterocycles. The van der Waals surface area contributed by atoms with Gasteiger partial charge in [0.15, 0.2) is 0 Å². The number of carbonyl (C=O) groups is 1. The Morgan fingerprint density at radius 3 is 2.75 bits per heavy atom. The molecule has 0 radical (unpaired) electrons. The number of nitrogens with one attached hydrogen (secondary N) is 1. The molecule has 122 valence electrons. The van der Waals surface area contributed by atoms with Crippen molar-refractivity contribution in [2.75, 3.05) is 7.11 Å². The molecule has 1 aliphatic rings. The second kappa shape index (κ2) is 7.13. The van der Waals surface area contributed by atoms with Gasteiger partial charge in [0, 0.05) is 6.42 Å². The van der Waals surface area contributed by atoms with Crippen molar-refractivity contribution in [2.45, 2.75) is 19.8 Å². The Kier molecular flexibility index (Phi) is 4.75. The Balaban J connectivity index is 1.70. The minimum Gasteiger partial charge on any atom is -0.497 e. The molecule has 0 unspecified atom stereocenters. The lowest BCUT2D eigenvalue weighted by Gasteiger charge is -2.04. The number of aryl methyl sites for hydroxylation is 2. The van der Waals surface area contributed by atoms with Gasteiger partial charge in [0.25, 0.3) is 5.91 Å². The fraction of sp³-hybridized carbons (Fsp3) is 0.200. The molecule has 0 saturated carbocycles. The molecule has 1 amide bonds. The van der Waals surface area contributed by atoms with Gasteiger partial charge < -0.3 is 10.1 Å². The maximum Gasteiger partial charge on any atom is 0.275 e. The summed E-state index contributed by atoms with van der Waals surface area (Å²) in [6.45, 7) is 2.03. The summed E-state index contributed by atoms with van der Waals surface area (Å²) >= 11 is 0. The van der Waals surface area contributed by atoms with E-state index in [0.717, 1.165) is 28.9 Å². The lowest BCUT2D eigenvalue weighted by atomic mass is 10.1. The summed E-state index contributed by atoms with van der Waals surface area (Å²) in [6, 6.07) is 15.9. The average molecular weight is 320 g/mol. The monoisotopic (exact) mass is 320 g/mol. The number of nitrogens with zero attached hydrogens (tertiary/aromatic N) is 1. The van der Waals surface area contributed by atoms with Crippen molar-refractivity contribution < 1.29 is 9.53 Å². The van der Waals surface area contributed by atoms with Crippen LogP contribution in [0.1, 0.15) is 23.1 Å². The Bertz CT molecular complexity index is 822. The summed E-state index contributed by atoms with van der Waals surface area (Å²) in [6.07, 6.45) is 3.30. The highest BCUT2D eigenvalue weighted by Crippen LogP contribution is 2.17. The van der Waals surface area contributed by atoms with Crippen LogP contribution in [0.4, 0.5) is 0 Å². The van der Waals surface area contributed by atoms with Crippen molar-refractivity contribution in [2.24, 2.45) is 4.99 Å². The molecule has 0 spiro atoms. The predicted octanol–water partition coefficient (Wildman–Crippen LogP) is 3.51. The first-order valence-corrected chi connectivity index (χ1v) is 7.94. The zero-order valence-corrected chi connectivity index (χ0v) is 13.9. The Morgan fingerprint density at radius 1 is 1.12 bits per heavy atom. The minimum absolute atomic E-state index is 0.142. The summed E-state index contributed by atoms with van der Waals surface area (Å²) in [5, 5.41) is 2.85. The van der Waals surface area contributed by atoms with Gasteiger partial charge in [-0.05, 0) is 42.7 Å². The van der Waals surface area contributed by atoms with Crippen LogP contribution in [0.2, 0.25) is 0 Å². The molecular weight excluding hydrogens is 300 g/mol. The summed E-state index contributed by atoms with van der Waals surface area (Å²) in [5.74, 6) is 1.41.